The summed E-state index contributed by atoms with van der Waals surface area (Å²) in [6, 6.07) is 5.40. The monoisotopic (exact) mass is 316 g/mol. The van der Waals surface area contributed by atoms with Crippen molar-refractivity contribution in [1.82, 2.24) is 10.2 Å². The third-order valence-electron chi connectivity index (χ3n) is 3.00. The predicted octanol–water partition coefficient (Wildman–Crippen LogP) is 2.22. The fourth-order valence-electron chi connectivity index (χ4n) is 1.90. The Labute approximate surface area is 130 Å². The Bertz CT molecular complexity index is 518. The van der Waals surface area contributed by atoms with Gasteiger partial charge in [0.05, 0.1) is 5.57 Å². The van der Waals surface area contributed by atoms with Crippen molar-refractivity contribution in [1.29, 1.82) is 0 Å². The lowest BCUT2D eigenvalue weighted by Gasteiger charge is -2.22. The molecule has 1 aliphatic rings. The van der Waals surface area contributed by atoms with E-state index in [-0.39, 0.29) is 18.3 Å². The van der Waals surface area contributed by atoms with Gasteiger partial charge in [-0.3, -0.25) is 4.79 Å². The summed E-state index contributed by atoms with van der Waals surface area (Å²) in [4.78, 5) is 13.9. The van der Waals surface area contributed by atoms with Crippen molar-refractivity contribution < 1.29 is 9.53 Å². The van der Waals surface area contributed by atoms with Gasteiger partial charge in [0, 0.05) is 30.7 Å². The van der Waals surface area contributed by atoms with Crippen LogP contribution in [0.3, 0.4) is 0 Å². The van der Waals surface area contributed by atoms with Gasteiger partial charge in [0.15, 0.2) is 0 Å². The van der Waals surface area contributed by atoms with Crippen molar-refractivity contribution in [3.05, 3.63) is 34.4 Å². The average molecular weight is 317 g/mol. The van der Waals surface area contributed by atoms with Gasteiger partial charge in [-0.15, -0.1) is 12.4 Å². The van der Waals surface area contributed by atoms with Crippen LogP contribution < -0.4 is 10.1 Å². The van der Waals surface area contributed by atoms with Crippen molar-refractivity contribution in [2.75, 3.05) is 33.8 Å². The van der Waals surface area contributed by atoms with Crippen LogP contribution in [0.25, 0.3) is 6.08 Å². The number of nitrogens with zero attached hydrogens (tertiary/aromatic N) is 1. The van der Waals surface area contributed by atoms with E-state index < -0.39 is 0 Å². The number of hydrogen-bond acceptors (Lipinski definition) is 3. The molecule has 2 rings (SSSR count). The summed E-state index contributed by atoms with van der Waals surface area (Å²) in [6.45, 7) is 1.73. The molecule has 0 saturated heterocycles. The van der Waals surface area contributed by atoms with Gasteiger partial charge >= 0.3 is 0 Å². The minimum absolute atomic E-state index is 0. The molecular weight excluding hydrogens is 299 g/mol. The van der Waals surface area contributed by atoms with Gasteiger partial charge in [-0.1, -0.05) is 11.6 Å². The number of ether oxygens (including phenoxy) is 1. The number of hydrogen-bond donors (Lipinski definition) is 1. The highest BCUT2D eigenvalue weighted by Crippen LogP contribution is 2.29. The number of benzene rings is 1. The molecule has 0 aliphatic carbocycles. The maximum absolute atomic E-state index is 12.2. The maximum Gasteiger partial charge on any atom is 0.253 e. The minimum Gasteiger partial charge on any atom is -0.488 e. The van der Waals surface area contributed by atoms with E-state index in [2.05, 4.69) is 5.32 Å². The molecule has 4 nitrogen and oxygen atoms in total. The normalized spacial score (nSPS) is 12.7. The molecule has 1 aliphatic heterocycles. The molecule has 20 heavy (non-hydrogen) atoms. The summed E-state index contributed by atoms with van der Waals surface area (Å²) < 4.78 is 5.58. The smallest absolute Gasteiger partial charge is 0.253 e. The van der Waals surface area contributed by atoms with E-state index in [9.17, 15) is 4.79 Å². The van der Waals surface area contributed by atoms with Gasteiger partial charge in [-0.25, -0.2) is 0 Å². The number of nitrogens with one attached hydrogen (secondary N) is 1. The van der Waals surface area contributed by atoms with E-state index in [0.29, 0.717) is 23.7 Å². The second-order valence-electron chi connectivity index (χ2n) is 4.47. The SMILES string of the molecule is CNCCN(C)C(=O)C1=Cc2cc(Cl)ccc2OC1.Cl. The number of likely N-dealkylation sites (N-methyl/N-ethyl adjacent to an activating group) is 2. The van der Waals surface area contributed by atoms with Gasteiger partial charge < -0.3 is 15.0 Å². The number of amides is 1. The fourth-order valence-corrected chi connectivity index (χ4v) is 2.08. The first-order valence-corrected chi connectivity index (χ1v) is 6.52. The molecule has 0 fully saturated rings. The van der Waals surface area contributed by atoms with E-state index >= 15 is 0 Å². The fraction of sp³-hybridized carbons (Fsp3) is 0.357. The standard InChI is InChI=1S/C14H17ClN2O2.ClH/c1-16-5-6-17(2)14(18)11-7-10-8-12(15)3-4-13(10)19-9-11;/h3-4,7-8,16H,5-6,9H2,1-2H3;1H. The summed E-state index contributed by atoms with van der Waals surface area (Å²) >= 11 is 5.95. The molecule has 1 heterocycles. The Hall–Kier alpha value is -1.23. The number of carbonyl (C=O) groups excluding carboxylic acids is 1. The van der Waals surface area contributed by atoms with Gasteiger partial charge in [0.25, 0.3) is 5.91 Å². The van der Waals surface area contributed by atoms with E-state index in [1.165, 1.54) is 0 Å². The van der Waals surface area contributed by atoms with Crippen LogP contribution in [0, 0.1) is 0 Å². The third-order valence-corrected chi connectivity index (χ3v) is 3.24. The third kappa shape index (κ3) is 3.88. The van der Waals surface area contributed by atoms with Crippen molar-refractivity contribution in [3.8, 4) is 5.75 Å². The lowest BCUT2D eigenvalue weighted by atomic mass is 10.1. The van der Waals surface area contributed by atoms with E-state index in [1.807, 2.05) is 19.2 Å². The van der Waals surface area contributed by atoms with Gasteiger partial charge in [0.2, 0.25) is 0 Å². The molecule has 6 heteroatoms. The van der Waals surface area contributed by atoms with Gasteiger partial charge in [-0.2, -0.15) is 0 Å². The maximum atomic E-state index is 12.2. The highest BCUT2D eigenvalue weighted by Gasteiger charge is 2.20. The van der Waals surface area contributed by atoms with Crippen molar-refractivity contribution in [3.63, 3.8) is 0 Å². The number of fused-ring (bicyclic) bond motifs is 1. The van der Waals surface area contributed by atoms with Crippen LogP contribution in [0.15, 0.2) is 23.8 Å². The summed E-state index contributed by atoms with van der Waals surface area (Å²) in [6.07, 6.45) is 1.85. The molecule has 0 aromatic heterocycles. The lowest BCUT2D eigenvalue weighted by Crippen LogP contribution is -2.35. The number of rotatable bonds is 4. The Morgan fingerprint density at radius 1 is 1.50 bits per heavy atom. The zero-order valence-electron chi connectivity index (χ0n) is 11.5. The zero-order valence-corrected chi connectivity index (χ0v) is 13.1. The predicted molar refractivity (Wildman–Crippen MR) is 83.7 cm³/mol. The van der Waals surface area contributed by atoms with E-state index in [4.69, 9.17) is 16.3 Å². The summed E-state index contributed by atoms with van der Waals surface area (Å²) in [5.74, 6) is 0.750. The highest BCUT2D eigenvalue weighted by molar-refractivity contribution is 6.30. The van der Waals surface area contributed by atoms with Crippen LogP contribution in [-0.2, 0) is 4.79 Å². The average Bonchev–Trinajstić information content (AvgIpc) is 2.43. The first-order chi connectivity index (χ1) is 9.11. The lowest BCUT2D eigenvalue weighted by molar-refractivity contribution is -0.126. The molecule has 1 aromatic carbocycles. The molecule has 0 bridgehead atoms. The van der Waals surface area contributed by atoms with Crippen LogP contribution in [0.4, 0.5) is 0 Å². The molecule has 1 aromatic rings. The van der Waals surface area contributed by atoms with Crippen LogP contribution in [-0.4, -0.2) is 44.6 Å². The molecule has 0 atom stereocenters. The number of halogens is 2. The van der Waals surface area contributed by atoms with E-state index in [1.54, 1.807) is 24.1 Å². The molecule has 110 valence electrons. The summed E-state index contributed by atoms with van der Waals surface area (Å²) in [5.41, 5.74) is 1.50. The Kier molecular flexibility index (Phi) is 6.33. The largest absolute Gasteiger partial charge is 0.488 e. The van der Waals surface area contributed by atoms with Crippen molar-refractivity contribution in [2.45, 2.75) is 0 Å². The highest BCUT2D eigenvalue weighted by atomic mass is 35.5. The summed E-state index contributed by atoms with van der Waals surface area (Å²) in [7, 11) is 3.65. The first-order valence-electron chi connectivity index (χ1n) is 6.15. The molecule has 1 N–H and O–H groups in total. The second kappa shape index (κ2) is 7.53. The van der Waals surface area contributed by atoms with Crippen LogP contribution in [0.2, 0.25) is 5.02 Å². The molecule has 1 amide bonds. The van der Waals surface area contributed by atoms with Crippen molar-refractivity contribution in [2.24, 2.45) is 0 Å². The first kappa shape index (κ1) is 16.8. The number of carbonyl (C=O) groups is 1. The van der Waals surface area contributed by atoms with Crippen LogP contribution in [0.1, 0.15) is 5.56 Å². The van der Waals surface area contributed by atoms with Crippen molar-refractivity contribution >= 4 is 36.0 Å². The molecule has 0 saturated carbocycles. The Morgan fingerprint density at radius 2 is 2.25 bits per heavy atom. The Morgan fingerprint density at radius 3 is 2.95 bits per heavy atom. The van der Waals surface area contributed by atoms with E-state index in [0.717, 1.165) is 17.9 Å². The Balaban J connectivity index is 0.00000200. The van der Waals surface area contributed by atoms with Crippen LogP contribution >= 0.6 is 24.0 Å². The van der Waals surface area contributed by atoms with Crippen LogP contribution in [0.5, 0.6) is 5.75 Å². The molecular formula is C14H18Cl2N2O2. The minimum atomic E-state index is -0.0131. The molecule has 0 spiro atoms. The second-order valence-corrected chi connectivity index (χ2v) is 4.91. The van der Waals surface area contributed by atoms with Gasteiger partial charge in [0.1, 0.15) is 12.4 Å². The zero-order chi connectivity index (χ0) is 13.8. The topological polar surface area (TPSA) is 41.6 Å². The quantitative estimate of drug-likeness (QED) is 0.926. The summed E-state index contributed by atoms with van der Waals surface area (Å²) in [5, 5.41) is 3.65. The molecule has 0 radical (unpaired) electrons. The van der Waals surface area contributed by atoms with Gasteiger partial charge in [-0.05, 0) is 31.3 Å². The molecule has 0 unspecified atom stereocenters.